The summed E-state index contributed by atoms with van der Waals surface area (Å²) in [6.45, 7) is 1.81. The van der Waals surface area contributed by atoms with E-state index in [0.717, 1.165) is 17.4 Å². The minimum atomic E-state index is -4.22. The molecule has 134 valence electrons. The molecule has 2 aliphatic rings. The van der Waals surface area contributed by atoms with Gasteiger partial charge in [-0.2, -0.15) is 4.98 Å². The molecule has 11 heteroatoms. The first-order valence-corrected chi connectivity index (χ1v) is 9.18. The van der Waals surface area contributed by atoms with Crippen LogP contribution >= 0.6 is 7.82 Å². The van der Waals surface area contributed by atoms with Gasteiger partial charge < -0.3 is 20.5 Å². The number of phosphoric acid groups is 1. The number of fused-ring (bicyclic) bond motifs is 1. The van der Waals surface area contributed by atoms with Gasteiger partial charge in [0.25, 0.3) is 0 Å². The summed E-state index contributed by atoms with van der Waals surface area (Å²) in [4.78, 5) is 25.3. The summed E-state index contributed by atoms with van der Waals surface area (Å²) in [7, 11) is -4.22. The molecule has 0 bridgehead atoms. The van der Waals surface area contributed by atoms with Gasteiger partial charge in [-0.1, -0.05) is 13.3 Å². The summed E-state index contributed by atoms with van der Waals surface area (Å²) < 4.78 is 27.8. The second-order valence-electron chi connectivity index (χ2n) is 5.83. The van der Waals surface area contributed by atoms with E-state index in [2.05, 4.69) is 9.51 Å². The van der Waals surface area contributed by atoms with Crippen molar-refractivity contribution in [1.29, 1.82) is 0 Å². The summed E-state index contributed by atoms with van der Waals surface area (Å²) in [5.74, 6) is 0.147. The maximum absolute atomic E-state index is 12.1. The Morgan fingerprint density at radius 1 is 1.54 bits per heavy atom. The molecule has 0 aliphatic carbocycles. The molecule has 3 unspecified atom stereocenters. The highest BCUT2D eigenvalue weighted by molar-refractivity contribution is 7.47. The van der Waals surface area contributed by atoms with E-state index in [1.165, 1.54) is 6.20 Å². The summed E-state index contributed by atoms with van der Waals surface area (Å²) in [6, 6.07) is 0. The number of hydrogen-bond acceptors (Lipinski definition) is 8. The lowest BCUT2D eigenvalue weighted by molar-refractivity contribution is -0.0685. The Morgan fingerprint density at radius 3 is 3.00 bits per heavy atom. The number of unbranched alkanes of at least 4 members (excludes halogenated alkanes) is 1. The molecule has 24 heavy (non-hydrogen) atoms. The first-order chi connectivity index (χ1) is 11.3. The number of nitrogen functional groups attached to an aromatic ring is 1. The summed E-state index contributed by atoms with van der Waals surface area (Å²) in [5, 5.41) is 10.4. The SMILES string of the molecule is CCCCc1cn([C@@H]2OC3COP(=O)(O)OC3[C@H]2O)c(=O)nc1N. The molecule has 0 aromatic carbocycles. The lowest BCUT2D eigenvalue weighted by atomic mass is 10.1. The number of aliphatic hydroxyl groups is 1. The van der Waals surface area contributed by atoms with Gasteiger partial charge in [-0.25, -0.2) is 9.36 Å². The number of hydrogen-bond donors (Lipinski definition) is 3. The number of aliphatic hydroxyl groups excluding tert-OH is 1. The average Bonchev–Trinajstić information content (AvgIpc) is 2.82. The Hall–Kier alpha value is -1.29. The van der Waals surface area contributed by atoms with Gasteiger partial charge in [-0.3, -0.25) is 13.6 Å². The van der Waals surface area contributed by atoms with Crippen LogP contribution in [0.2, 0.25) is 0 Å². The molecule has 0 saturated carbocycles. The molecule has 3 heterocycles. The number of anilines is 1. The third kappa shape index (κ3) is 3.26. The highest BCUT2D eigenvalue weighted by Gasteiger charge is 2.52. The number of nitrogens with two attached hydrogens (primary N) is 1. The molecule has 4 N–H and O–H groups in total. The van der Waals surface area contributed by atoms with Crippen LogP contribution in [0.25, 0.3) is 0 Å². The number of nitrogens with zero attached hydrogens (tertiary/aromatic N) is 2. The fourth-order valence-corrected chi connectivity index (χ4v) is 3.79. The number of rotatable bonds is 4. The van der Waals surface area contributed by atoms with Gasteiger partial charge in [0.1, 0.15) is 24.1 Å². The van der Waals surface area contributed by atoms with Gasteiger partial charge in [0.05, 0.1) is 6.61 Å². The van der Waals surface area contributed by atoms with E-state index in [-0.39, 0.29) is 12.4 Å². The minimum absolute atomic E-state index is 0.147. The molecule has 0 spiro atoms. The highest BCUT2D eigenvalue weighted by atomic mass is 31.2. The highest BCUT2D eigenvalue weighted by Crippen LogP contribution is 2.52. The van der Waals surface area contributed by atoms with Crippen LogP contribution in [-0.4, -0.2) is 44.5 Å². The summed E-state index contributed by atoms with van der Waals surface area (Å²) in [6.07, 6.45) is -0.284. The number of aryl methyl sites for hydroxylation is 1. The van der Waals surface area contributed by atoms with E-state index in [9.17, 15) is 19.4 Å². The molecular weight excluding hydrogens is 341 g/mol. The van der Waals surface area contributed by atoms with Crippen molar-refractivity contribution in [3.8, 4) is 0 Å². The van der Waals surface area contributed by atoms with Crippen LogP contribution in [0.4, 0.5) is 5.82 Å². The number of phosphoric ester groups is 1. The van der Waals surface area contributed by atoms with Crippen LogP contribution in [0.3, 0.4) is 0 Å². The van der Waals surface area contributed by atoms with Gasteiger partial charge in [0.2, 0.25) is 0 Å². The molecule has 2 saturated heterocycles. The maximum Gasteiger partial charge on any atom is 0.472 e. The van der Waals surface area contributed by atoms with E-state index >= 15 is 0 Å². The van der Waals surface area contributed by atoms with Gasteiger partial charge in [-0.15, -0.1) is 0 Å². The Balaban J connectivity index is 1.89. The molecule has 2 aliphatic heterocycles. The van der Waals surface area contributed by atoms with Crippen molar-refractivity contribution < 1.29 is 28.3 Å². The second kappa shape index (κ2) is 6.55. The van der Waals surface area contributed by atoms with Gasteiger partial charge in [0.15, 0.2) is 6.23 Å². The average molecular weight is 361 g/mol. The third-order valence-corrected chi connectivity index (χ3v) is 5.09. The van der Waals surface area contributed by atoms with Crippen molar-refractivity contribution in [2.75, 3.05) is 12.3 Å². The number of ether oxygens (including phenoxy) is 1. The largest absolute Gasteiger partial charge is 0.472 e. The Morgan fingerprint density at radius 2 is 2.29 bits per heavy atom. The maximum atomic E-state index is 12.1. The third-order valence-electron chi connectivity index (χ3n) is 4.10. The molecule has 1 aromatic rings. The topological polar surface area (TPSA) is 146 Å². The van der Waals surface area contributed by atoms with Crippen LogP contribution in [0.5, 0.6) is 0 Å². The first-order valence-electron chi connectivity index (χ1n) is 7.69. The van der Waals surface area contributed by atoms with E-state index < -0.39 is 38.1 Å². The Bertz CT molecular complexity index is 724. The molecule has 0 amide bonds. The monoisotopic (exact) mass is 361 g/mol. The lowest BCUT2D eigenvalue weighted by Gasteiger charge is -2.27. The quantitative estimate of drug-likeness (QED) is 0.628. The zero-order valence-corrected chi connectivity index (χ0v) is 14.0. The fraction of sp³-hybridized carbons (Fsp3) is 0.692. The van der Waals surface area contributed by atoms with Crippen molar-refractivity contribution in [3.63, 3.8) is 0 Å². The van der Waals surface area contributed by atoms with Crippen LogP contribution in [0, 0.1) is 0 Å². The summed E-state index contributed by atoms with van der Waals surface area (Å²) in [5.41, 5.74) is 5.77. The lowest BCUT2D eigenvalue weighted by Crippen LogP contribution is -2.40. The Labute approximate surface area is 137 Å². The molecule has 10 nitrogen and oxygen atoms in total. The van der Waals surface area contributed by atoms with E-state index in [1.54, 1.807) is 0 Å². The molecule has 5 atom stereocenters. The zero-order chi connectivity index (χ0) is 17.5. The van der Waals surface area contributed by atoms with Gasteiger partial charge in [-0.05, 0) is 12.8 Å². The van der Waals surface area contributed by atoms with Crippen LogP contribution in [0.1, 0.15) is 31.6 Å². The second-order valence-corrected chi connectivity index (χ2v) is 7.24. The van der Waals surface area contributed by atoms with Crippen molar-refractivity contribution in [2.24, 2.45) is 0 Å². The predicted octanol–water partition coefficient (Wildman–Crippen LogP) is -0.0578. The van der Waals surface area contributed by atoms with Crippen LogP contribution < -0.4 is 11.4 Å². The predicted molar refractivity (Wildman–Crippen MR) is 82.1 cm³/mol. The fourth-order valence-electron chi connectivity index (χ4n) is 2.83. The molecule has 1 aromatic heterocycles. The standard InChI is InChI=1S/C13H20N3O7P/c1-2-3-4-7-5-16(13(18)15-11(7)14)12-9(17)10-8(22-12)6-21-24(19,20)23-10/h5,8-10,12,17H,2-4,6H2,1H3,(H,19,20)(H2,14,15,18)/t8?,9-,10?,12-/m1/s1. The van der Waals surface area contributed by atoms with Crippen molar-refractivity contribution >= 4 is 13.6 Å². The van der Waals surface area contributed by atoms with Gasteiger partial charge in [0, 0.05) is 11.8 Å². The molecular formula is C13H20N3O7P. The normalized spacial score (nSPS) is 35.8. The van der Waals surface area contributed by atoms with Crippen molar-refractivity contribution in [1.82, 2.24) is 9.55 Å². The van der Waals surface area contributed by atoms with Crippen LogP contribution in [-0.2, 0) is 24.8 Å². The smallest absolute Gasteiger partial charge is 0.386 e. The molecule has 3 rings (SSSR count). The first kappa shape index (κ1) is 17.5. The summed E-state index contributed by atoms with van der Waals surface area (Å²) >= 11 is 0. The molecule has 0 radical (unpaired) electrons. The zero-order valence-electron chi connectivity index (χ0n) is 13.1. The van der Waals surface area contributed by atoms with E-state index in [1.807, 2.05) is 6.92 Å². The van der Waals surface area contributed by atoms with Crippen molar-refractivity contribution in [3.05, 3.63) is 22.2 Å². The van der Waals surface area contributed by atoms with E-state index in [4.69, 9.17) is 15.0 Å². The minimum Gasteiger partial charge on any atom is -0.386 e. The van der Waals surface area contributed by atoms with Gasteiger partial charge >= 0.3 is 13.5 Å². The van der Waals surface area contributed by atoms with Crippen molar-refractivity contribution in [2.45, 2.75) is 50.7 Å². The van der Waals surface area contributed by atoms with Crippen LogP contribution in [0.15, 0.2) is 11.0 Å². The number of aromatic nitrogens is 2. The Kier molecular flexibility index (Phi) is 4.78. The van der Waals surface area contributed by atoms with E-state index in [0.29, 0.717) is 12.0 Å². The molecule has 2 fully saturated rings.